The summed E-state index contributed by atoms with van der Waals surface area (Å²) in [7, 11) is 0. The van der Waals surface area contributed by atoms with Crippen LogP contribution in [-0.4, -0.2) is 26.2 Å². The number of carbonyl (C=O) groups is 1. The van der Waals surface area contributed by atoms with Crippen molar-refractivity contribution >= 4 is 23.4 Å². The molecule has 1 aromatic heterocycles. The first-order chi connectivity index (χ1) is 9.49. The van der Waals surface area contributed by atoms with Crippen molar-refractivity contribution in [1.29, 1.82) is 0 Å². The van der Waals surface area contributed by atoms with Crippen molar-refractivity contribution in [3.8, 4) is 0 Å². The molecule has 0 atom stereocenters. The van der Waals surface area contributed by atoms with E-state index in [0.29, 0.717) is 11.5 Å². The zero-order valence-corrected chi connectivity index (χ0v) is 11.1. The lowest BCUT2D eigenvalue weighted by Gasteiger charge is -2.04. The second kappa shape index (κ2) is 5.70. The Balaban J connectivity index is 2.29. The molecule has 8 nitrogen and oxygen atoms in total. The quantitative estimate of drug-likeness (QED) is 0.506. The SMILES string of the molecule is Cc1nnc(SCc2cccc([N+](=O)[O-])c2C(=O)O)o1. The summed E-state index contributed by atoms with van der Waals surface area (Å²) < 4.78 is 5.14. The van der Waals surface area contributed by atoms with Crippen molar-refractivity contribution in [1.82, 2.24) is 10.2 Å². The molecular formula is C11H9N3O5S. The Hall–Kier alpha value is -2.42. The van der Waals surface area contributed by atoms with E-state index in [1.807, 2.05) is 0 Å². The second-order valence-electron chi connectivity index (χ2n) is 3.75. The number of aryl methyl sites for hydroxylation is 1. The van der Waals surface area contributed by atoms with Gasteiger partial charge in [-0.1, -0.05) is 23.9 Å². The Labute approximate surface area is 117 Å². The van der Waals surface area contributed by atoms with Gasteiger partial charge in [0.2, 0.25) is 5.89 Å². The molecule has 0 radical (unpaired) electrons. The zero-order valence-electron chi connectivity index (χ0n) is 10.3. The van der Waals surface area contributed by atoms with Gasteiger partial charge in [-0.05, 0) is 5.56 Å². The number of hydrogen-bond donors (Lipinski definition) is 1. The van der Waals surface area contributed by atoms with Crippen LogP contribution in [0.5, 0.6) is 0 Å². The number of benzene rings is 1. The van der Waals surface area contributed by atoms with Crippen LogP contribution < -0.4 is 0 Å². The molecule has 0 aliphatic rings. The van der Waals surface area contributed by atoms with Crippen LogP contribution in [0.2, 0.25) is 0 Å². The molecule has 1 N–H and O–H groups in total. The van der Waals surface area contributed by atoms with E-state index >= 15 is 0 Å². The van der Waals surface area contributed by atoms with Crippen molar-refractivity contribution in [3.05, 3.63) is 45.3 Å². The molecule has 20 heavy (non-hydrogen) atoms. The highest BCUT2D eigenvalue weighted by Crippen LogP contribution is 2.28. The molecule has 2 rings (SSSR count). The van der Waals surface area contributed by atoms with E-state index in [0.717, 1.165) is 17.8 Å². The third-order valence-electron chi connectivity index (χ3n) is 2.40. The highest BCUT2D eigenvalue weighted by Gasteiger charge is 2.23. The maximum Gasteiger partial charge on any atom is 0.343 e. The maximum atomic E-state index is 11.2. The maximum absolute atomic E-state index is 11.2. The predicted molar refractivity (Wildman–Crippen MR) is 68.7 cm³/mol. The molecule has 0 aliphatic heterocycles. The molecule has 1 aromatic carbocycles. The average Bonchev–Trinajstić information content (AvgIpc) is 2.81. The van der Waals surface area contributed by atoms with E-state index in [1.165, 1.54) is 12.1 Å². The van der Waals surface area contributed by atoms with Gasteiger partial charge in [0.05, 0.1) is 4.92 Å². The molecule has 0 aliphatic carbocycles. The van der Waals surface area contributed by atoms with E-state index in [-0.39, 0.29) is 16.5 Å². The van der Waals surface area contributed by atoms with E-state index in [9.17, 15) is 14.9 Å². The molecule has 1 heterocycles. The Morgan fingerprint density at radius 1 is 1.50 bits per heavy atom. The lowest BCUT2D eigenvalue weighted by Crippen LogP contribution is -2.06. The minimum Gasteiger partial charge on any atom is -0.477 e. The summed E-state index contributed by atoms with van der Waals surface area (Å²) in [6.45, 7) is 1.63. The molecule has 0 unspecified atom stereocenters. The van der Waals surface area contributed by atoms with Gasteiger partial charge in [0.15, 0.2) is 0 Å². The number of thioether (sulfide) groups is 1. The first kappa shape index (κ1) is 14.0. The molecule has 9 heteroatoms. The van der Waals surface area contributed by atoms with Crippen molar-refractivity contribution in [2.75, 3.05) is 0 Å². The third-order valence-corrected chi connectivity index (χ3v) is 3.27. The van der Waals surface area contributed by atoms with Gasteiger partial charge in [-0.15, -0.1) is 10.2 Å². The fourth-order valence-electron chi connectivity index (χ4n) is 1.58. The molecule has 2 aromatic rings. The Morgan fingerprint density at radius 2 is 2.25 bits per heavy atom. The van der Waals surface area contributed by atoms with Gasteiger partial charge in [0.1, 0.15) is 5.56 Å². The number of carboxylic acid groups (broad SMARTS) is 1. The lowest BCUT2D eigenvalue weighted by atomic mass is 10.1. The van der Waals surface area contributed by atoms with Gasteiger partial charge in [-0.2, -0.15) is 0 Å². The average molecular weight is 295 g/mol. The Morgan fingerprint density at radius 3 is 2.80 bits per heavy atom. The molecule has 0 saturated carbocycles. The van der Waals surface area contributed by atoms with Crippen molar-refractivity contribution < 1.29 is 19.2 Å². The van der Waals surface area contributed by atoms with Crippen LogP contribution in [-0.2, 0) is 5.75 Å². The summed E-state index contributed by atoms with van der Waals surface area (Å²) in [6.07, 6.45) is 0. The molecule has 0 fully saturated rings. The molecule has 0 saturated heterocycles. The normalized spacial score (nSPS) is 10.4. The van der Waals surface area contributed by atoms with Crippen LogP contribution >= 0.6 is 11.8 Å². The number of carboxylic acids is 1. The van der Waals surface area contributed by atoms with Crippen LogP contribution in [0.4, 0.5) is 5.69 Å². The molecular weight excluding hydrogens is 286 g/mol. The van der Waals surface area contributed by atoms with Gasteiger partial charge >= 0.3 is 5.97 Å². The van der Waals surface area contributed by atoms with Gasteiger partial charge in [-0.3, -0.25) is 10.1 Å². The van der Waals surface area contributed by atoms with Crippen LogP contribution in [0.1, 0.15) is 21.8 Å². The van der Waals surface area contributed by atoms with Crippen LogP contribution in [0, 0.1) is 17.0 Å². The highest BCUT2D eigenvalue weighted by molar-refractivity contribution is 7.98. The smallest absolute Gasteiger partial charge is 0.343 e. The molecule has 0 amide bonds. The van der Waals surface area contributed by atoms with Gasteiger partial charge in [0.25, 0.3) is 10.9 Å². The minimum absolute atomic E-state index is 0.185. The van der Waals surface area contributed by atoms with E-state index in [4.69, 9.17) is 9.52 Å². The predicted octanol–water partition coefficient (Wildman–Crippen LogP) is 2.28. The number of nitrogens with zero attached hydrogens (tertiary/aromatic N) is 3. The third kappa shape index (κ3) is 2.94. The monoisotopic (exact) mass is 295 g/mol. The first-order valence-corrected chi connectivity index (χ1v) is 6.40. The first-order valence-electron chi connectivity index (χ1n) is 5.41. The summed E-state index contributed by atoms with van der Waals surface area (Å²) in [5.74, 6) is -0.759. The van der Waals surface area contributed by atoms with E-state index in [1.54, 1.807) is 6.92 Å². The van der Waals surface area contributed by atoms with Crippen LogP contribution in [0.15, 0.2) is 27.8 Å². The highest BCUT2D eigenvalue weighted by atomic mass is 32.2. The Bertz CT molecular complexity index is 670. The van der Waals surface area contributed by atoms with E-state index < -0.39 is 16.6 Å². The van der Waals surface area contributed by atoms with Gasteiger partial charge in [-0.25, -0.2) is 4.79 Å². The number of nitro groups is 1. The largest absolute Gasteiger partial charge is 0.477 e. The minimum atomic E-state index is -1.34. The fourth-order valence-corrected chi connectivity index (χ4v) is 2.38. The summed E-state index contributed by atoms with van der Waals surface area (Å²) >= 11 is 1.12. The number of aromatic carboxylic acids is 1. The molecule has 0 bridgehead atoms. The second-order valence-corrected chi connectivity index (χ2v) is 4.68. The molecule has 0 spiro atoms. The summed E-state index contributed by atoms with van der Waals surface area (Å²) in [4.78, 5) is 21.3. The van der Waals surface area contributed by atoms with Crippen molar-refractivity contribution in [2.24, 2.45) is 0 Å². The lowest BCUT2D eigenvalue weighted by molar-refractivity contribution is -0.385. The fraction of sp³-hybridized carbons (Fsp3) is 0.182. The van der Waals surface area contributed by atoms with Crippen LogP contribution in [0.3, 0.4) is 0 Å². The van der Waals surface area contributed by atoms with E-state index in [2.05, 4.69) is 10.2 Å². The zero-order chi connectivity index (χ0) is 14.7. The summed E-state index contributed by atoms with van der Waals surface area (Å²) in [6, 6.07) is 4.13. The molecule has 104 valence electrons. The number of nitro benzene ring substituents is 1. The topological polar surface area (TPSA) is 119 Å². The van der Waals surface area contributed by atoms with Crippen LogP contribution in [0.25, 0.3) is 0 Å². The van der Waals surface area contributed by atoms with Gasteiger partial charge < -0.3 is 9.52 Å². The number of hydrogen-bond acceptors (Lipinski definition) is 7. The standard InChI is InChI=1S/C11H9N3O5S/c1-6-12-13-11(19-6)20-5-7-3-2-4-8(14(17)18)9(7)10(15)16/h2-4H,5H2,1H3,(H,15,16). The summed E-state index contributed by atoms with van der Waals surface area (Å²) in [5.41, 5.74) is -0.425. The Kier molecular flexibility index (Phi) is 3.99. The van der Waals surface area contributed by atoms with Gasteiger partial charge in [0, 0.05) is 18.7 Å². The number of rotatable bonds is 5. The summed E-state index contributed by atoms with van der Waals surface area (Å²) in [5, 5.41) is 27.7. The van der Waals surface area contributed by atoms with Crippen molar-refractivity contribution in [2.45, 2.75) is 17.9 Å². The number of aromatic nitrogens is 2. The van der Waals surface area contributed by atoms with Crippen molar-refractivity contribution in [3.63, 3.8) is 0 Å².